The molecule has 1 N–H and O–H groups in total. The van der Waals surface area contributed by atoms with Gasteiger partial charge in [-0.3, -0.25) is 4.79 Å². The van der Waals surface area contributed by atoms with Crippen molar-refractivity contribution in [2.75, 3.05) is 12.4 Å². The van der Waals surface area contributed by atoms with Crippen molar-refractivity contribution in [3.8, 4) is 17.6 Å². The molecule has 0 bridgehead atoms. The Morgan fingerprint density at radius 3 is 2.62 bits per heavy atom. The van der Waals surface area contributed by atoms with Gasteiger partial charge in [-0.25, -0.2) is 0 Å². The topological polar surface area (TPSA) is 71.3 Å². The van der Waals surface area contributed by atoms with Gasteiger partial charge in [0.25, 0.3) is 5.91 Å². The number of ether oxygens (including phenoxy) is 2. The molecule has 32 heavy (non-hydrogen) atoms. The van der Waals surface area contributed by atoms with Crippen molar-refractivity contribution in [2.24, 2.45) is 0 Å². The summed E-state index contributed by atoms with van der Waals surface area (Å²) in [7, 11) is 1.54. The number of nitriles is 1. The summed E-state index contributed by atoms with van der Waals surface area (Å²) in [6, 6.07) is 20.1. The summed E-state index contributed by atoms with van der Waals surface area (Å²) >= 11 is 11.5. The molecule has 0 saturated carbocycles. The fourth-order valence-corrected chi connectivity index (χ4v) is 4.01. The zero-order chi connectivity index (χ0) is 23.1. The number of rotatable bonds is 7. The van der Waals surface area contributed by atoms with Crippen molar-refractivity contribution in [3.05, 3.63) is 90.4 Å². The highest BCUT2D eigenvalue weighted by molar-refractivity contribution is 14.1. The average molecular weight is 624 g/mol. The summed E-state index contributed by atoms with van der Waals surface area (Å²) in [6.07, 6.45) is 1.50. The lowest BCUT2D eigenvalue weighted by Crippen LogP contribution is -2.13. The van der Waals surface area contributed by atoms with E-state index in [4.69, 9.17) is 21.1 Å². The summed E-state index contributed by atoms with van der Waals surface area (Å²) in [5.41, 5.74) is 2.11. The van der Waals surface area contributed by atoms with Crippen molar-refractivity contribution < 1.29 is 14.3 Å². The highest BCUT2D eigenvalue weighted by Crippen LogP contribution is 2.35. The first-order valence-corrected chi connectivity index (χ1v) is 11.6. The van der Waals surface area contributed by atoms with E-state index in [1.807, 2.05) is 36.4 Å². The fourth-order valence-electron chi connectivity index (χ4n) is 2.78. The minimum absolute atomic E-state index is 0.0497. The smallest absolute Gasteiger partial charge is 0.266 e. The van der Waals surface area contributed by atoms with Crippen LogP contribution in [0.5, 0.6) is 11.5 Å². The minimum Gasteiger partial charge on any atom is -0.493 e. The molecule has 0 atom stereocenters. The standard InChI is InChI=1S/C24H17BrClIN2O3/c1-31-22-11-16(9-17(13-28)24(30)29-20-4-2-3-19(26)12-20)10-21(27)23(22)32-14-15-5-7-18(25)8-6-15/h2-12H,14H2,1H3,(H,29,30)/b17-9+. The Labute approximate surface area is 213 Å². The number of carbonyl (C=O) groups excluding carboxylic acids is 1. The van der Waals surface area contributed by atoms with Gasteiger partial charge in [-0.15, -0.1) is 0 Å². The highest BCUT2D eigenvalue weighted by Gasteiger charge is 2.14. The lowest BCUT2D eigenvalue weighted by molar-refractivity contribution is -0.112. The predicted molar refractivity (Wildman–Crippen MR) is 138 cm³/mol. The molecule has 0 heterocycles. The van der Waals surface area contributed by atoms with E-state index < -0.39 is 5.91 Å². The van der Waals surface area contributed by atoms with Crippen LogP contribution in [0.1, 0.15) is 11.1 Å². The number of amides is 1. The molecular weight excluding hydrogens is 607 g/mol. The molecule has 0 radical (unpaired) electrons. The lowest BCUT2D eigenvalue weighted by atomic mass is 10.1. The molecule has 0 aliphatic rings. The molecule has 0 aliphatic carbocycles. The number of nitrogens with one attached hydrogen (secondary N) is 1. The van der Waals surface area contributed by atoms with Gasteiger partial charge in [0, 0.05) is 15.2 Å². The number of hydrogen-bond donors (Lipinski definition) is 1. The second-order valence-electron chi connectivity index (χ2n) is 6.58. The number of halogens is 3. The second kappa shape index (κ2) is 11.4. The zero-order valence-corrected chi connectivity index (χ0v) is 21.4. The Morgan fingerprint density at radius 1 is 1.22 bits per heavy atom. The monoisotopic (exact) mass is 622 g/mol. The van der Waals surface area contributed by atoms with Gasteiger partial charge in [-0.1, -0.05) is 45.7 Å². The van der Waals surface area contributed by atoms with Crippen LogP contribution in [0.3, 0.4) is 0 Å². The van der Waals surface area contributed by atoms with Gasteiger partial charge < -0.3 is 14.8 Å². The van der Waals surface area contributed by atoms with Crippen LogP contribution >= 0.6 is 50.1 Å². The number of anilines is 1. The maximum absolute atomic E-state index is 12.5. The molecule has 3 aromatic carbocycles. The van der Waals surface area contributed by atoms with Crippen LogP contribution < -0.4 is 14.8 Å². The highest BCUT2D eigenvalue weighted by atomic mass is 127. The van der Waals surface area contributed by atoms with Gasteiger partial charge in [0.15, 0.2) is 11.5 Å². The quantitative estimate of drug-likeness (QED) is 0.178. The molecule has 0 unspecified atom stereocenters. The predicted octanol–water partition coefficient (Wildman–Crippen LogP) is 6.84. The van der Waals surface area contributed by atoms with E-state index in [0.717, 1.165) is 13.6 Å². The van der Waals surface area contributed by atoms with Crippen molar-refractivity contribution in [1.29, 1.82) is 5.26 Å². The minimum atomic E-state index is -0.528. The summed E-state index contributed by atoms with van der Waals surface area (Å²) in [4.78, 5) is 12.5. The summed E-state index contributed by atoms with van der Waals surface area (Å²) in [5, 5.41) is 12.7. The zero-order valence-electron chi connectivity index (χ0n) is 16.9. The van der Waals surface area contributed by atoms with Gasteiger partial charge in [-0.05, 0) is 82.3 Å². The molecule has 3 aromatic rings. The fraction of sp³-hybridized carbons (Fsp3) is 0.0833. The van der Waals surface area contributed by atoms with Crippen molar-refractivity contribution >= 4 is 67.8 Å². The van der Waals surface area contributed by atoms with E-state index in [1.165, 1.54) is 6.08 Å². The number of methoxy groups -OCH3 is 1. The third-order valence-electron chi connectivity index (χ3n) is 4.31. The van der Waals surface area contributed by atoms with Crippen LogP contribution in [0.15, 0.2) is 70.7 Å². The van der Waals surface area contributed by atoms with E-state index in [-0.39, 0.29) is 5.57 Å². The Morgan fingerprint density at radius 2 is 1.97 bits per heavy atom. The molecule has 3 rings (SSSR count). The molecule has 0 saturated heterocycles. The number of carbonyl (C=O) groups is 1. The SMILES string of the molecule is COc1cc(/C=C(\C#N)C(=O)Nc2cccc(Cl)c2)cc(I)c1OCc1ccc(Br)cc1. The van der Waals surface area contributed by atoms with E-state index in [0.29, 0.717) is 34.4 Å². The third-order valence-corrected chi connectivity index (χ3v) is 5.87. The number of hydrogen-bond acceptors (Lipinski definition) is 4. The molecule has 0 aliphatic heterocycles. The molecule has 5 nitrogen and oxygen atoms in total. The van der Waals surface area contributed by atoms with E-state index in [2.05, 4.69) is 43.8 Å². The van der Waals surface area contributed by atoms with Crippen LogP contribution in [-0.4, -0.2) is 13.0 Å². The van der Waals surface area contributed by atoms with E-state index >= 15 is 0 Å². The van der Waals surface area contributed by atoms with Crippen LogP contribution in [0.2, 0.25) is 5.02 Å². The molecule has 0 spiro atoms. The van der Waals surface area contributed by atoms with Crippen LogP contribution in [-0.2, 0) is 11.4 Å². The maximum Gasteiger partial charge on any atom is 0.266 e. The largest absolute Gasteiger partial charge is 0.493 e. The molecule has 0 aromatic heterocycles. The molecule has 1 amide bonds. The van der Waals surface area contributed by atoms with E-state index in [9.17, 15) is 10.1 Å². The van der Waals surface area contributed by atoms with Crippen LogP contribution in [0, 0.1) is 14.9 Å². The average Bonchev–Trinajstić information content (AvgIpc) is 2.77. The molecule has 162 valence electrons. The summed E-state index contributed by atoms with van der Waals surface area (Å²) in [5.74, 6) is 0.571. The Bertz CT molecular complexity index is 1210. The normalized spacial score (nSPS) is 10.9. The van der Waals surface area contributed by atoms with Crippen molar-refractivity contribution in [2.45, 2.75) is 6.61 Å². The first-order valence-electron chi connectivity index (χ1n) is 9.33. The molecule has 0 fully saturated rings. The van der Waals surface area contributed by atoms with Gasteiger partial charge in [0.1, 0.15) is 18.2 Å². The lowest BCUT2D eigenvalue weighted by Gasteiger charge is -2.14. The third kappa shape index (κ3) is 6.48. The molecule has 8 heteroatoms. The van der Waals surface area contributed by atoms with Gasteiger partial charge in [0.2, 0.25) is 0 Å². The van der Waals surface area contributed by atoms with Gasteiger partial charge in [-0.2, -0.15) is 5.26 Å². The number of benzene rings is 3. The Kier molecular flexibility index (Phi) is 8.56. The van der Waals surface area contributed by atoms with Gasteiger partial charge >= 0.3 is 0 Å². The first kappa shape index (κ1) is 24.1. The summed E-state index contributed by atoms with van der Waals surface area (Å²) < 4.78 is 13.3. The van der Waals surface area contributed by atoms with Crippen LogP contribution in [0.25, 0.3) is 6.08 Å². The van der Waals surface area contributed by atoms with Crippen molar-refractivity contribution in [1.82, 2.24) is 0 Å². The van der Waals surface area contributed by atoms with Crippen LogP contribution in [0.4, 0.5) is 5.69 Å². The van der Waals surface area contributed by atoms with E-state index in [1.54, 1.807) is 37.4 Å². The Hall–Kier alpha value is -2.54. The first-order chi connectivity index (χ1) is 15.4. The maximum atomic E-state index is 12.5. The number of nitrogens with zero attached hydrogens (tertiary/aromatic N) is 1. The Balaban J connectivity index is 1.81. The molecular formula is C24H17BrClIN2O3. The van der Waals surface area contributed by atoms with Crippen molar-refractivity contribution in [3.63, 3.8) is 0 Å². The second-order valence-corrected chi connectivity index (χ2v) is 9.10. The van der Waals surface area contributed by atoms with Gasteiger partial charge in [0.05, 0.1) is 10.7 Å². The summed E-state index contributed by atoms with van der Waals surface area (Å²) in [6.45, 7) is 0.375.